The van der Waals surface area contributed by atoms with Gasteiger partial charge in [0.25, 0.3) is 0 Å². The first-order valence-corrected chi connectivity index (χ1v) is 3.52. The van der Waals surface area contributed by atoms with Crippen LogP contribution in [-0.2, 0) is 0 Å². The Kier molecular flexibility index (Phi) is 1.52. The number of alkyl halides is 4. The summed E-state index contributed by atoms with van der Waals surface area (Å²) in [4.78, 5) is 0. The van der Waals surface area contributed by atoms with Crippen molar-refractivity contribution in [3.8, 4) is 0 Å². The maximum atomic E-state index is 12.6. The molecular formula is C7H10F4. The minimum Gasteiger partial charge on any atom is -0.200 e. The first kappa shape index (κ1) is 8.81. The Morgan fingerprint density at radius 3 is 1.73 bits per heavy atom. The molecule has 66 valence electrons. The van der Waals surface area contributed by atoms with Gasteiger partial charge in [-0.3, -0.25) is 0 Å². The molecule has 1 aliphatic rings. The third kappa shape index (κ3) is 0.811. The Morgan fingerprint density at radius 2 is 1.64 bits per heavy atom. The maximum Gasteiger partial charge on any atom is 0.315 e. The molecule has 0 aliphatic heterocycles. The standard InChI is InChI=1S/C7H10F4/c1-3-5(2)4-6(8,9)7(5,10)11/h3-4H2,1-2H3. The molecule has 1 saturated carbocycles. The van der Waals surface area contributed by atoms with Gasteiger partial charge in [-0.1, -0.05) is 13.8 Å². The second-order valence-corrected chi connectivity index (χ2v) is 3.37. The van der Waals surface area contributed by atoms with Crippen LogP contribution in [0, 0.1) is 5.41 Å². The molecule has 0 heterocycles. The minimum absolute atomic E-state index is 0.0928. The molecule has 0 bridgehead atoms. The molecule has 1 aliphatic carbocycles. The molecule has 4 heteroatoms. The predicted molar refractivity (Wildman–Crippen MR) is 32.9 cm³/mol. The monoisotopic (exact) mass is 170 g/mol. The van der Waals surface area contributed by atoms with Crippen LogP contribution in [-0.4, -0.2) is 11.8 Å². The third-order valence-corrected chi connectivity index (χ3v) is 2.61. The fourth-order valence-electron chi connectivity index (χ4n) is 1.39. The molecule has 0 radical (unpaired) electrons. The van der Waals surface area contributed by atoms with E-state index in [1.807, 2.05) is 0 Å². The highest BCUT2D eigenvalue weighted by Gasteiger charge is 2.77. The van der Waals surface area contributed by atoms with Crippen molar-refractivity contribution < 1.29 is 17.6 Å². The van der Waals surface area contributed by atoms with Crippen LogP contribution in [0.1, 0.15) is 26.7 Å². The fourth-order valence-corrected chi connectivity index (χ4v) is 1.39. The van der Waals surface area contributed by atoms with Gasteiger partial charge in [-0.25, -0.2) is 0 Å². The summed E-state index contributed by atoms with van der Waals surface area (Å²) < 4.78 is 49.7. The smallest absolute Gasteiger partial charge is 0.200 e. The Bertz CT molecular complexity index is 175. The molecule has 0 aromatic heterocycles. The van der Waals surface area contributed by atoms with Crippen molar-refractivity contribution in [3.63, 3.8) is 0 Å². The first-order valence-electron chi connectivity index (χ1n) is 3.52. The zero-order valence-electron chi connectivity index (χ0n) is 6.43. The quantitative estimate of drug-likeness (QED) is 0.530. The molecule has 0 amide bonds. The van der Waals surface area contributed by atoms with Crippen molar-refractivity contribution in [3.05, 3.63) is 0 Å². The van der Waals surface area contributed by atoms with E-state index in [0.717, 1.165) is 0 Å². The van der Waals surface area contributed by atoms with Gasteiger partial charge in [-0.15, -0.1) is 0 Å². The molecule has 0 N–H and O–H groups in total. The van der Waals surface area contributed by atoms with Crippen LogP contribution in [0.4, 0.5) is 17.6 Å². The molecule has 11 heavy (non-hydrogen) atoms. The van der Waals surface area contributed by atoms with Gasteiger partial charge in [0.05, 0.1) is 0 Å². The molecule has 0 spiro atoms. The summed E-state index contributed by atoms with van der Waals surface area (Å²) in [6, 6.07) is 0. The first-order chi connectivity index (χ1) is 4.77. The van der Waals surface area contributed by atoms with E-state index in [2.05, 4.69) is 0 Å². The average molecular weight is 170 g/mol. The highest BCUT2D eigenvalue weighted by molar-refractivity contribution is 5.10. The van der Waals surface area contributed by atoms with E-state index in [0.29, 0.717) is 0 Å². The van der Waals surface area contributed by atoms with E-state index in [1.165, 1.54) is 13.8 Å². The highest BCUT2D eigenvalue weighted by Crippen LogP contribution is 2.64. The SMILES string of the molecule is CCC1(C)CC(F)(F)C1(F)F. The molecule has 1 atom stereocenters. The average Bonchev–Trinajstić information content (AvgIpc) is 1.86. The summed E-state index contributed by atoms with van der Waals surface area (Å²) in [5, 5.41) is 0. The molecular weight excluding hydrogens is 160 g/mol. The second kappa shape index (κ2) is 1.90. The number of halogens is 4. The van der Waals surface area contributed by atoms with Crippen molar-refractivity contribution in [2.75, 3.05) is 0 Å². The van der Waals surface area contributed by atoms with E-state index < -0.39 is 23.7 Å². The fraction of sp³-hybridized carbons (Fsp3) is 1.00. The van der Waals surface area contributed by atoms with E-state index in [1.54, 1.807) is 0 Å². The van der Waals surface area contributed by atoms with Crippen LogP contribution in [0.25, 0.3) is 0 Å². The van der Waals surface area contributed by atoms with Gasteiger partial charge in [0, 0.05) is 11.8 Å². The summed E-state index contributed by atoms with van der Waals surface area (Å²) in [5.41, 5.74) is -1.49. The van der Waals surface area contributed by atoms with Crippen LogP contribution in [0.15, 0.2) is 0 Å². The second-order valence-electron chi connectivity index (χ2n) is 3.37. The van der Waals surface area contributed by atoms with Gasteiger partial charge in [0.2, 0.25) is 0 Å². The Morgan fingerprint density at radius 1 is 1.18 bits per heavy atom. The van der Waals surface area contributed by atoms with Crippen LogP contribution in [0.2, 0.25) is 0 Å². The van der Waals surface area contributed by atoms with Crippen LogP contribution >= 0.6 is 0 Å². The summed E-state index contributed by atoms with van der Waals surface area (Å²) in [5.74, 6) is -7.59. The van der Waals surface area contributed by atoms with Crippen molar-refractivity contribution in [1.29, 1.82) is 0 Å². The van der Waals surface area contributed by atoms with Gasteiger partial charge < -0.3 is 0 Å². The molecule has 0 nitrogen and oxygen atoms in total. The summed E-state index contributed by atoms with van der Waals surface area (Å²) in [7, 11) is 0. The molecule has 0 aromatic rings. The largest absolute Gasteiger partial charge is 0.315 e. The minimum atomic E-state index is -3.81. The molecule has 1 unspecified atom stereocenters. The molecule has 0 saturated heterocycles. The van der Waals surface area contributed by atoms with Gasteiger partial charge in [-0.2, -0.15) is 17.6 Å². The normalized spacial score (nSPS) is 39.8. The van der Waals surface area contributed by atoms with Gasteiger partial charge in [0.15, 0.2) is 0 Å². The van der Waals surface area contributed by atoms with Crippen molar-refractivity contribution in [2.45, 2.75) is 38.5 Å². The Hall–Kier alpha value is -0.280. The lowest BCUT2D eigenvalue weighted by Gasteiger charge is -2.51. The van der Waals surface area contributed by atoms with Crippen LogP contribution in [0.3, 0.4) is 0 Å². The highest BCUT2D eigenvalue weighted by atomic mass is 19.3. The lowest BCUT2D eigenvalue weighted by atomic mass is 9.62. The zero-order chi connectivity index (χ0) is 8.91. The lowest BCUT2D eigenvalue weighted by molar-refractivity contribution is -0.353. The van der Waals surface area contributed by atoms with Gasteiger partial charge in [0.1, 0.15) is 0 Å². The summed E-state index contributed by atoms with van der Waals surface area (Å²) >= 11 is 0. The van der Waals surface area contributed by atoms with E-state index in [9.17, 15) is 17.6 Å². The van der Waals surface area contributed by atoms with Crippen LogP contribution in [0.5, 0.6) is 0 Å². The number of hydrogen-bond donors (Lipinski definition) is 0. The van der Waals surface area contributed by atoms with E-state index >= 15 is 0 Å². The number of rotatable bonds is 1. The van der Waals surface area contributed by atoms with Gasteiger partial charge in [-0.05, 0) is 6.42 Å². The Labute approximate surface area is 62.6 Å². The summed E-state index contributed by atoms with van der Waals surface area (Å²) in [6.07, 6.45) is -0.598. The van der Waals surface area contributed by atoms with Crippen molar-refractivity contribution >= 4 is 0 Å². The lowest BCUT2D eigenvalue weighted by Crippen LogP contribution is -2.65. The molecule has 0 aromatic carbocycles. The van der Waals surface area contributed by atoms with Gasteiger partial charge >= 0.3 is 11.8 Å². The van der Waals surface area contributed by atoms with E-state index in [4.69, 9.17) is 0 Å². The topological polar surface area (TPSA) is 0 Å². The Balaban J connectivity index is 2.84. The van der Waals surface area contributed by atoms with Crippen molar-refractivity contribution in [2.24, 2.45) is 5.41 Å². The summed E-state index contributed by atoms with van der Waals surface area (Å²) in [6.45, 7) is 2.70. The maximum absolute atomic E-state index is 12.6. The predicted octanol–water partition coefficient (Wildman–Crippen LogP) is 3.08. The number of hydrogen-bond acceptors (Lipinski definition) is 0. The molecule has 1 fully saturated rings. The zero-order valence-corrected chi connectivity index (χ0v) is 6.43. The van der Waals surface area contributed by atoms with Crippen molar-refractivity contribution in [1.82, 2.24) is 0 Å². The van der Waals surface area contributed by atoms with Crippen LogP contribution < -0.4 is 0 Å². The van der Waals surface area contributed by atoms with E-state index in [-0.39, 0.29) is 6.42 Å². The molecule has 1 rings (SSSR count). The third-order valence-electron chi connectivity index (χ3n) is 2.61.